The Hall–Kier alpha value is -3.21. The van der Waals surface area contributed by atoms with Crippen molar-refractivity contribution in [3.05, 3.63) is 40.6 Å². The molecule has 2 rings (SSSR count). The number of hydrogen-bond donors (Lipinski definition) is 2. The van der Waals surface area contributed by atoms with E-state index in [1.807, 2.05) is 0 Å². The summed E-state index contributed by atoms with van der Waals surface area (Å²) in [5.74, 6) is -1.85. The Bertz CT molecular complexity index is 921. The lowest BCUT2D eigenvalue weighted by Crippen LogP contribution is -2.27. The highest BCUT2D eigenvalue weighted by atomic mass is 32.2. The number of amidine groups is 1. The molecule has 0 aromatic heterocycles. The molecule has 9 nitrogen and oxygen atoms in total. The average molecular weight is 422 g/mol. The number of nitrogens with zero attached hydrogens (tertiary/aromatic N) is 2. The van der Waals surface area contributed by atoms with Gasteiger partial charge in [-0.25, -0.2) is 14.0 Å². The number of rotatable bonds is 4. The van der Waals surface area contributed by atoms with Gasteiger partial charge < -0.3 is 9.47 Å². The van der Waals surface area contributed by atoms with Crippen LogP contribution in [0.15, 0.2) is 39.4 Å². The first kappa shape index (κ1) is 22.1. The van der Waals surface area contributed by atoms with E-state index in [9.17, 15) is 18.8 Å². The second kappa shape index (κ2) is 9.32. The van der Waals surface area contributed by atoms with Crippen LogP contribution in [0.3, 0.4) is 0 Å². The van der Waals surface area contributed by atoms with Gasteiger partial charge in [0.2, 0.25) is 0 Å². The first-order chi connectivity index (χ1) is 13.6. The maximum absolute atomic E-state index is 14.1. The van der Waals surface area contributed by atoms with Gasteiger partial charge in [0.1, 0.15) is 11.4 Å². The molecule has 1 aromatic rings. The maximum atomic E-state index is 14.1. The third-order valence-corrected chi connectivity index (χ3v) is 3.99. The molecule has 0 spiro atoms. The van der Waals surface area contributed by atoms with Crippen LogP contribution < -0.4 is 10.6 Å². The minimum atomic E-state index is -0.769. The number of hydrogen-bond acceptors (Lipinski definition) is 8. The lowest BCUT2D eigenvalue weighted by molar-refractivity contribution is -0.135. The molecule has 0 bridgehead atoms. The number of esters is 1. The Balaban J connectivity index is 2.01. The smallest absolute Gasteiger partial charge is 0.412 e. The van der Waals surface area contributed by atoms with Crippen molar-refractivity contribution in [3.8, 4) is 0 Å². The fourth-order valence-corrected chi connectivity index (χ4v) is 2.65. The van der Waals surface area contributed by atoms with Crippen LogP contribution in [0.5, 0.6) is 0 Å². The summed E-state index contributed by atoms with van der Waals surface area (Å²) in [5.41, 5.74) is -0.369. The van der Waals surface area contributed by atoms with Gasteiger partial charge in [-0.3, -0.25) is 15.4 Å². The number of carbonyl (C=O) groups excluding carboxylic acids is 3. The fourth-order valence-electron chi connectivity index (χ4n) is 1.92. The van der Waals surface area contributed by atoms with Crippen molar-refractivity contribution in [1.82, 2.24) is 5.32 Å². The van der Waals surface area contributed by atoms with E-state index in [0.29, 0.717) is 5.56 Å². The van der Waals surface area contributed by atoms with Crippen molar-refractivity contribution < 1.29 is 28.2 Å². The van der Waals surface area contributed by atoms with Gasteiger partial charge in [0.15, 0.2) is 5.17 Å². The quantitative estimate of drug-likeness (QED) is 0.333. The number of ether oxygens (including phenoxy) is 2. The van der Waals surface area contributed by atoms with Crippen molar-refractivity contribution >= 4 is 46.8 Å². The molecule has 1 aromatic carbocycles. The number of anilines is 1. The monoisotopic (exact) mass is 422 g/mol. The number of benzene rings is 1. The molecule has 0 radical (unpaired) electrons. The highest BCUT2D eigenvalue weighted by Crippen LogP contribution is 2.23. The summed E-state index contributed by atoms with van der Waals surface area (Å²) in [5, 5.41) is 12.5. The molecule has 2 N–H and O–H groups in total. The summed E-state index contributed by atoms with van der Waals surface area (Å²) in [7, 11) is 1.20. The number of halogens is 1. The minimum Gasteiger partial charge on any atom is -0.466 e. The molecule has 29 heavy (non-hydrogen) atoms. The number of methoxy groups -OCH3 is 1. The zero-order valence-electron chi connectivity index (χ0n) is 16.1. The summed E-state index contributed by atoms with van der Waals surface area (Å²) in [4.78, 5) is 34.7. The largest absolute Gasteiger partial charge is 0.466 e. The summed E-state index contributed by atoms with van der Waals surface area (Å²) in [6, 6.07) is 4.03. The molecule has 11 heteroatoms. The van der Waals surface area contributed by atoms with Crippen LogP contribution in [0.2, 0.25) is 0 Å². The van der Waals surface area contributed by atoms with Crippen molar-refractivity contribution in [2.75, 3.05) is 12.4 Å². The molecule has 2 amide bonds. The maximum Gasteiger partial charge on any atom is 0.412 e. The van der Waals surface area contributed by atoms with E-state index in [2.05, 4.69) is 25.6 Å². The van der Waals surface area contributed by atoms with E-state index in [0.717, 1.165) is 23.9 Å². The molecule has 0 aliphatic carbocycles. The summed E-state index contributed by atoms with van der Waals surface area (Å²) in [6.07, 6.45) is 1.54. The number of carbonyl (C=O) groups is 3. The fraction of sp³-hybridized carbons (Fsp3) is 0.278. The Morgan fingerprint density at radius 2 is 2.03 bits per heavy atom. The molecule has 0 unspecified atom stereocenters. The molecule has 1 saturated heterocycles. The molecule has 154 valence electrons. The topological polar surface area (TPSA) is 118 Å². The summed E-state index contributed by atoms with van der Waals surface area (Å²) >= 11 is 0.915. The third kappa shape index (κ3) is 7.03. The van der Waals surface area contributed by atoms with Crippen molar-refractivity contribution in [3.63, 3.8) is 0 Å². The Labute approximate surface area is 170 Å². The lowest BCUT2D eigenvalue weighted by atomic mass is 10.2. The molecule has 0 saturated carbocycles. The van der Waals surface area contributed by atoms with Gasteiger partial charge in [0, 0.05) is 6.08 Å². The molecule has 1 heterocycles. The summed E-state index contributed by atoms with van der Waals surface area (Å²) < 4.78 is 23.7. The third-order valence-electron chi connectivity index (χ3n) is 3.09. The van der Waals surface area contributed by atoms with Crippen LogP contribution in [0, 0.1) is 5.82 Å². The molecular formula is C18H19FN4O5S. The van der Waals surface area contributed by atoms with Crippen LogP contribution in [-0.2, 0) is 19.1 Å². The molecule has 1 fully saturated rings. The van der Waals surface area contributed by atoms with Crippen LogP contribution in [-0.4, -0.2) is 42.1 Å². The van der Waals surface area contributed by atoms with Gasteiger partial charge in [-0.2, -0.15) is 5.10 Å². The van der Waals surface area contributed by atoms with E-state index in [4.69, 9.17) is 4.74 Å². The Morgan fingerprint density at radius 1 is 1.31 bits per heavy atom. The highest BCUT2D eigenvalue weighted by Gasteiger charge is 2.25. The van der Waals surface area contributed by atoms with Gasteiger partial charge in [-0.15, -0.1) is 5.10 Å². The minimum absolute atomic E-state index is 0.0427. The molecule has 1 aliphatic heterocycles. The predicted octanol–water partition coefficient (Wildman–Crippen LogP) is 2.78. The average Bonchev–Trinajstić information content (AvgIpc) is 2.95. The van der Waals surface area contributed by atoms with Crippen LogP contribution >= 0.6 is 11.8 Å². The van der Waals surface area contributed by atoms with Gasteiger partial charge >= 0.3 is 12.1 Å². The lowest BCUT2D eigenvalue weighted by Gasteiger charge is -2.19. The van der Waals surface area contributed by atoms with Crippen LogP contribution in [0.4, 0.5) is 14.9 Å². The number of nitrogens with one attached hydrogen (secondary N) is 2. The molecule has 1 aliphatic rings. The normalized spacial score (nSPS) is 16.9. The SMILES string of the molecule is COC(=O)/C=C1/S/C(=N\N=Cc2ccc(NC(=O)OC(C)(C)C)c(F)c2)NC1=O. The van der Waals surface area contributed by atoms with Gasteiger partial charge in [0.05, 0.1) is 23.9 Å². The van der Waals surface area contributed by atoms with E-state index in [1.54, 1.807) is 20.8 Å². The predicted molar refractivity (Wildman–Crippen MR) is 107 cm³/mol. The highest BCUT2D eigenvalue weighted by molar-refractivity contribution is 8.18. The van der Waals surface area contributed by atoms with Gasteiger partial charge in [-0.05, 0) is 50.2 Å². The van der Waals surface area contributed by atoms with E-state index in [-0.39, 0.29) is 15.8 Å². The zero-order valence-corrected chi connectivity index (χ0v) is 16.9. The standard InChI is InChI=1S/C18H19FN4O5S/c1-18(2,3)28-17(26)21-12-6-5-10(7-11(12)19)9-20-23-16-22-15(25)13(29-16)8-14(24)27-4/h5-9H,1-4H3,(H,21,26)(H,22,23,25)/b13-8+,20-9?. The Morgan fingerprint density at radius 3 is 2.66 bits per heavy atom. The number of thioether (sulfide) groups is 1. The van der Waals surface area contributed by atoms with E-state index < -0.39 is 29.4 Å². The summed E-state index contributed by atoms with van der Waals surface area (Å²) in [6.45, 7) is 5.09. The van der Waals surface area contributed by atoms with Gasteiger partial charge in [0.25, 0.3) is 5.91 Å². The van der Waals surface area contributed by atoms with Crippen LogP contribution in [0.1, 0.15) is 26.3 Å². The second-order valence-electron chi connectivity index (χ2n) is 6.60. The Kier molecular flexibility index (Phi) is 7.10. The van der Waals surface area contributed by atoms with E-state index >= 15 is 0 Å². The van der Waals surface area contributed by atoms with Crippen molar-refractivity contribution in [1.29, 1.82) is 0 Å². The van der Waals surface area contributed by atoms with Gasteiger partial charge in [-0.1, -0.05) is 6.07 Å². The van der Waals surface area contributed by atoms with Crippen molar-refractivity contribution in [2.45, 2.75) is 26.4 Å². The van der Waals surface area contributed by atoms with Crippen molar-refractivity contribution in [2.24, 2.45) is 10.2 Å². The molecule has 0 atom stereocenters. The first-order valence-electron chi connectivity index (χ1n) is 8.27. The second-order valence-corrected chi connectivity index (χ2v) is 7.63. The zero-order chi connectivity index (χ0) is 21.6. The first-order valence-corrected chi connectivity index (χ1v) is 9.08. The van der Waals surface area contributed by atoms with Crippen LogP contribution in [0.25, 0.3) is 0 Å². The van der Waals surface area contributed by atoms with E-state index in [1.165, 1.54) is 25.5 Å². The molecular weight excluding hydrogens is 403 g/mol. The number of amides is 2.